The Morgan fingerprint density at radius 2 is 2.41 bits per heavy atom. The van der Waals surface area contributed by atoms with Crippen LogP contribution in [0.1, 0.15) is 39.5 Å². The van der Waals surface area contributed by atoms with E-state index < -0.39 is 0 Å². The summed E-state index contributed by atoms with van der Waals surface area (Å²) in [5.74, 6) is 0.298. The first-order valence-electron chi connectivity index (χ1n) is 6.84. The normalized spacial score (nSPS) is 34.0. The Bertz CT molecular complexity index is 275. The third kappa shape index (κ3) is 2.63. The molecule has 0 aromatic rings. The van der Waals surface area contributed by atoms with E-state index in [1.165, 1.54) is 0 Å². The summed E-state index contributed by atoms with van der Waals surface area (Å²) in [6, 6.07) is 0. The lowest BCUT2D eigenvalue weighted by molar-refractivity contribution is -0.145. The largest absolute Gasteiger partial charge is 0.375 e. The van der Waals surface area contributed by atoms with Crippen molar-refractivity contribution in [2.75, 3.05) is 26.2 Å². The van der Waals surface area contributed by atoms with Gasteiger partial charge in [-0.25, -0.2) is 0 Å². The zero-order valence-electron chi connectivity index (χ0n) is 11.0. The van der Waals surface area contributed by atoms with Gasteiger partial charge in [-0.1, -0.05) is 13.3 Å². The fraction of sp³-hybridized carbons (Fsp3) is 0.923. The van der Waals surface area contributed by atoms with Crippen LogP contribution in [0.15, 0.2) is 0 Å². The van der Waals surface area contributed by atoms with Gasteiger partial charge in [-0.2, -0.15) is 0 Å². The molecule has 0 bridgehead atoms. The van der Waals surface area contributed by atoms with E-state index in [1.807, 2.05) is 11.8 Å². The third-order valence-corrected chi connectivity index (χ3v) is 3.86. The third-order valence-electron chi connectivity index (χ3n) is 3.86. The van der Waals surface area contributed by atoms with Crippen molar-refractivity contribution >= 4 is 5.91 Å². The quantitative estimate of drug-likeness (QED) is 0.805. The molecule has 0 aromatic carbocycles. The van der Waals surface area contributed by atoms with E-state index in [1.54, 1.807) is 0 Å². The van der Waals surface area contributed by atoms with Crippen molar-refractivity contribution in [2.24, 2.45) is 0 Å². The van der Waals surface area contributed by atoms with E-state index in [9.17, 15) is 4.79 Å². The highest BCUT2D eigenvalue weighted by atomic mass is 16.5. The minimum Gasteiger partial charge on any atom is -0.375 e. The van der Waals surface area contributed by atoms with E-state index in [0.29, 0.717) is 12.5 Å². The highest BCUT2D eigenvalue weighted by molar-refractivity contribution is 5.87. The van der Waals surface area contributed by atoms with E-state index in [0.717, 1.165) is 45.3 Å². The van der Waals surface area contributed by atoms with Crippen LogP contribution in [0.25, 0.3) is 0 Å². The summed E-state index contributed by atoms with van der Waals surface area (Å²) in [4.78, 5) is 14.7. The Labute approximate surface area is 104 Å². The standard InChI is InChI=1S/C13H24N2O2/c1-3-5-13(6-4-7-14-13)12(16)15-8-9-17-11(2)10-15/h11,14H,3-10H2,1-2H3. The molecule has 0 radical (unpaired) electrons. The number of morpholine rings is 1. The summed E-state index contributed by atoms with van der Waals surface area (Å²) in [6.45, 7) is 7.33. The van der Waals surface area contributed by atoms with Crippen molar-refractivity contribution in [3.63, 3.8) is 0 Å². The van der Waals surface area contributed by atoms with Crippen molar-refractivity contribution in [2.45, 2.75) is 51.2 Å². The molecular weight excluding hydrogens is 216 g/mol. The number of hydrogen-bond donors (Lipinski definition) is 1. The monoisotopic (exact) mass is 240 g/mol. The Kier molecular flexibility index (Phi) is 4.05. The summed E-state index contributed by atoms with van der Waals surface area (Å²) in [5.41, 5.74) is -0.272. The number of carbonyl (C=O) groups is 1. The van der Waals surface area contributed by atoms with Crippen LogP contribution < -0.4 is 5.32 Å². The molecule has 98 valence electrons. The molecule has 2 fully saturated rings. The lowest BCUT2D eigenvalue weighted by Crippen LogP contribution is -2.58. The summed E-state index contributed by atoms with van der Waals surface area (Å²) in [6.07, 6.45) is 4.29. The molecule has 0 aliphatic carbocycles. The van der Waals surface area contributed by atoms with Gasteiger partial charge in [0.1, 0.15) is 0 Å². The number of amides is 1. The molecule has 0 saturated carbocycles. The Morgan fingerprint density at radius 3 is 3.00 bits per heavy atom. The van der Waals surface area contributed by atoms with Gasteiger partial charge in [0, 0.05) is 13.1 Å². The second kappa shape index (κ2) is 5.36. The van der Waals surface area contributed by atoms with Crippen molar-refractivity contribution in [3.8, 4) is 0 Å². The summed E-state index contributed by atoms with van der Waals surface area (Å²) >= 11 is 0. The van der Waals surface area contributed by atoms with Crippen LogP contribution >= 0.6 is 0 Å². The molecule has 1 amide bonds. The minimum absolute atomic E-state index is 0.174. The van der Waals surface area contributed by atoms with Crippen LogP contribution in [0.5, 0.6) is 0 Å². The number of carbonyl (C=O) groups excluding carboxylic acids is 1. The number of nitrogens with zero attached hydrogens (tertiary/aromatic N) is 1. The number of ether oxygens (including phenoxy) is 1. The summed E-state index contributed by atoms with van der Waals surface area (Å²) in [5, 5.41) is 3.45. The van der Waals surface area contributed by atoms with Crippen molar-refractivity contribution in [1.29, 1.82) is 0 Å². The topological polar surface area (TPSA) is 41.6 Å². The highest BCUT2D eigenvalue weighted by Crippen LogP contribution is 2.27. The zero-order valence-corrected chi connectivity index (χ0v) is 11.0. The fourth-order valence-electron chi connectivity index (χ4n) is 3.04. The zero-order chi connectivity index (χ0) is 12.3. The van der Waals surface area contributed by atoms with Crippen LogP contribution in [0.2, 0.25) is 0 Å². The first kappa shape index (κ1) is 12.8. The van der Waals surface area contributed by atoms with Crippen molar-refractivity contribution in [1.82, 2.24) is 10.2 Å². The van der Waals surface area contributed by atoms with Crippen LogP contribution in [0.4, 0.5) is 0 Å². The molecule has 2 saturated heterocycles. The number of hydrogen-bond acceptors (Lipinski definition) is 3. The number of rotatable bonds is 3. The minimum atomic E-state index is -0.272. The average Bonchev–Trinajstić information content (AvgIpc) is 2.78. The predicted octanol–water partition coefficient (Wildman–Crippen LogP) is 1.16. The Hall–Kier alpha value is -0.610. The van der Waals surface area contributed by atoms with Gasteiger partial charge in [0.15, 0.2) is 0 Å². The average molecular weight is 240 g/mol. The van der Waals surface area contributed by atoms with E-state index in [2.05, 4.69) is 12.2 Å². The maximum atomic E-state index is 12.7. The lowest BCUT2D eigenvalue weighted by Gasteiger charge is -2.38. The second-order valence-corrected chi connectivity index (χ2v) is 5.30. The molecule has 1 N–H and O–H groups in total. The summed E-state index contributed by atoms with van der Waals surface area (Å²) < 4.78 is 5.50. The predicted molar refractivity (Wildman–Crippen MR) is 66.9 cm³/mol. The SMILES string of the molecule is CCCC1(C(=O)N2CCOC(C)C2)CCCN1. The molecular formula is C13H24N2O2. The van der Waals surface area contributed by atoms with Gasteiger partial charge in [-0.05, 0) is 32.7 Å². The van der Waals surface area contributed by atoms with Crippen LogP contribution in [0.3, 0.4) is 0 Å². The van der Waals surface area contributed by atoms with Gasteiger partial charge < -0.3 is 15.0 Å². The maximum Gasteiger partial charge on any atom is 0.243 e. The number of nitrogens with one attached hydrogen (secondary N) is 1. The van der Waals surface area contributed by atoms with Gasteiger partial charge >= 0.3 is 0 Å². The molecule has 17 heavy (non-hydrogen) atoms. The van der Waals surface area contributed by atoms with E-state index >= 15 is 0 Å². The van der Waals surface area contributed by atoms with Gasteiger partial charge in [-0.3, -0.25) is 4.79 Å². The molecule has 0 spiro atoms. The van der Waals surface area contributed by atoms with Gasteiger partial charge in [0.2, 0.25) is 5.91 Å². The van der Waals surface area contributed by atoms with Gasteiger partial charge in [0.05, 0.1) is 18.2 Å². The molecule has 2 aliphatic heterocycles. The van der Waals surface area contributed by atoms with Crippen LogP contribution in [0, 0.1) is 0 Å². The Balaban J connectivity index is 2.05. The first-order chi connectivity index (χ1) is 8.18. The smallest absolute Gasteiger partial charge is 0.243 e. The molecule has 4 heteroatoms. The molecule has 4 nitrogen and oxygen atoms in total. The second-order valence-electron chi connectivity index (χ2n) is 5.30. The highest BCUT2D eigenvalue weighted by Gasteiger charge is 2.43. The van der Waals surface area contributed by atoms with Crippen LogP contribution in [-0.4, -0.2) is 48.7 Å². The first-order valence-corrected chi connectivity index (χ1v) is 6.84. The van der Waals surface area contributed by atoms with E-state index in [4.69, 9.17) is 4.74 Å². The fourth-order valence-corrected chi connectivity index (χ4v) is 3.04. The molecule has 2 atom stereocenters. The molecule has 2 heterocycles. The molecule has 2 unspecified atom stereocenters. The molecule has 2 aliphatic rings. The summed E-state index contributed by atoms with van der Waals surface area (Å²) in [7, 11) is 0. The van der Waals surface area contributed by atoms with Crippen LogP contribution in [-0.2, 0) is 9.53 Å². The van der Waals surface area contributed by atoms with Crippen molar-refractivity contribution < 1.29 is 9.53 Å². The molecule has 2 rings (SSSR count). The van der Waals surface area contributed by atoms with Gasteiger partial charge in [0.25, 0.3) is 0 Å². The van der Waals surface area contributed by atoms with Crippen molar-refractivity contribution in [3.05, 3.63) is 0 Å². The van der Waals surface area contributed by atoms with Gasteiger partial charge in [-0.15, -0.1) is 0 Å². The lowest BCUT2D eigenvalue weighted by atomic mass is 9.90. The van der Waals surface area contributed by atoms with E-state index in [-0.39, 0.29) is 11.6 Å². The Morgan fingerprint density at radius 1 is 1.59 bits per heavy atom. The molecule has 0 aromatic heterocycles. The maximum absolute atomic E-state index is 12.7.